The van der Waals surface area contributed by atoms with Gasteiger partial charge in [-0.1, -0.05) is 0 Å². The summed E-state index contributed by atoms with van der Waals surface area (Å²) in [6.45, 7) is 3.55. The van der Waals surface area contributed by atoms with Crippen LogP contribution in [0, 0.1) is 5.82 Å². The molecule has 0 saturated carbocycles. The van der Waals surface area contributed by atoms with E-state index in [0.29, 0.717) is 31.2 Å². The van der Waals surface area contributed by atoms with Crippen molar-refractivity contribution in [3.05, 3.63) is 30.1 Å². The first-order valence-corrected chi connectivity index (χ1v) is 7.54. The molecule has 1 aromatic carbocycles. The number of amides is 1. The van der Waals surface area contributed by atoms with Crippen molar-refractivity contribution in [3.8, 4) is 5.75 Å². The predicted octanol–water partition coefficient (Wildman–Crippen LogP) is 2.24. The van der Waals surface area contributed by atoms with Crippen LogP contribution in [0.1, 0.15) is 32.6 Å². The third-order valence-corrected chi connectivity index (χ3v) is 3.62. The number of hydrogen-bond donors (Lipinski definition) is 2. The normalized spacial score (nSPS) is 21.8. The number of halogens is 1. The fourth-order valence-corrected chi connectivity index (χ4v) is 2.52. The van der Waals surface area contributed by atoms with E-state index in [2.05, 4.69) is 17.6 Å². The van der Waals surface area contributed by atoms with Crippen LogP contribution in [0.3, 0.4) is 0 Å². The molecule has 2 atom stereocenters. The topological polar surface area (TPSA) is 50.4 Å². The Morgan fingerprint density at radius 3 is 2.90 bits per heavy atom. The van der Waals surface area contributed by atoms with Crippen LogP contribution in [0.5, 0.6) is 5.75 Å². The van der Waals surface area contributed by atoms with Gasteiger partial charge < -0.3 is 15.4 Å². The molecule has 1 aliphatic rings. The van der Waals surface area contributed by atoms with Gasteiger partial charge in [-0.15, -0.1) is 0 Å². The summed E-state index contributed by atoms with van der Waals surface area (Å²) in [5.41, 5.74) is 0. The van der Waals surface area contributed by atoms with E-state index in [1.165, 1.54) is 12.1 Å². The highest BCUT2D eigenvalue weighted by Crippen LogP contribution is 2.12. The number of hydrogen-bond acceptors (Lipinski definition) is 3. The minimum Gasteiger partial charge on any atom is -0.494 e. The Morgan fingerprint density at radius 2 is 2.19 bits per heavy atom. The molecule has 1 aliphatic heterocycles. The molecule has 5 heteroatoms. The average molecular weight is 294 g/mol. The SMILES string of the molecule is CC1CC(NC(=O)CCCOc2ccc(F)cc2)CCN1. The molecule has 0 aromatic heterocycles. The van der Waals surface area contributed by atoms with Crippen LogP contribution in [0.4, 0.5) is 4.39 Å². The van der Waals surface area contributed by atoms with E-state index in [1.54, 1.807) is 12.1 Å². The Morgan fingerprint density at radius 1 is 1.43 bits per heavy atom. The molecule has 0 spiro atoms. The number of nitrogens with one attached hydrogen (secondary N) is 2. The third-order valence-electron chi connectivity index (χ3n) is 3.62. The molecule has 2 rings (SSSR count). The van der Waals surface area contributed by atoms with Crippen molar-refractivity contribution in [2.24, 2.45) is 0 Å². The van der Waals surface area contributed by atoms with Gasteiger partial charge in [0.05, 0.1) is 6.61 Å². The molecule has 116 valence electrons. The van der Waals surface area contributed by atoms with Crippen molar-refractivity contribution >= 4 is 5.91 Å². The zero-order chi connectivity index (χ0) is 15.1. The van der Waals surface area contributed by atoms with Crippen molar-refractivity contribution < 1.29 is 13.9 Å². The van der Waals surface area contributed by atoms with Crippen molar-refractivity contribution in [1.82, 2.24) is 10.6 Å². The maximum Gasteiger partial charge on any atom is 0.220 e. The summed E-state index contributed by atoms with van der Waals surface area (Å²) in [6.07, 6.45) is 3.09. The summed E-state index contributed by atoms with van der Waals surface area (Å²) in [5, 5.41) is 6.43. The Hall–Kier alpha value is -1.62. The van der Waals surface area contributed by atoms with E-state index in [4.69, 9.17) is 4.74 Å². The van der Waals surface area contributed by atoms with E-state index in [1.807, 2.05) is 0 Å². The number of piperidine rings is 1. The Balaban J connectivity index is 1.59. The van der Waals surface area contributed by atoms with Gasteiger partial charge in [0.15, 0.2) is 0 Å². The number of ether oxygens (including phenoxy) is 1. The van der Waals surface area contributed by atoms with Crippen molar-refractivity contribution in [1.29, 1.82) is 0 Å². The van der Waals surface area contributed by atoms with Crippen LogP contribution in [-0.2, 0) is 4.79 Å². The highest BCUT2D eigenvalue weighted by Gasteiger charge is 2.19. The number of carbonyl (C=O) groups is 1. The molecule has 2 unspecified atom stereocenters. The van der Waals surface area contributed by atoms with E-state index in [-0.39, 0.29) is 17.8 Å². The van der Waals surface area contributed by atoms with Gasteiger partial charge in [0.25, 0.3) is 0 Å². The Kier molecular flexibility index (Phi) is 5.99. The second-order valence-corrected chi connectivity index (χ2v) is 5.55. The molecule has 1 saturated heterocycles. The highest BCUT2D eigenvalue weighted by atomic mass is 19.1. The van der Waals surface area contributed by atoms with Gasteiger partial charge >= 0.3 is 0 Å². The van der Waals surface area contributed by atoms with E-state index >= 15 is 0 Å². The smallest absolute Gasteiger partial charge is 0.220 e. The molecule has 1 aromatic rings. The first kappa shape index (κ1) is 15.8. The van der Waals surface area contributed by atoms with Crippen LogP contribution < -0.4 is 15.4 Å². The molecule has 1 heterocycles. The minimum absolute atomic E-state index is 0.0804. The summed E-state index contributed by atoms with van der Waals surface area (Å²) in [7, 11) is 0. The van der Waals surface area contributed by atoms with E-state index in [9.17, 15) is 9.18 Å². The van der Waals surface area contributed by atoms with Gasteiger partial charge in [-0.3, -0.25) is 4.79 Å². The fourth-order valence-electron chi connectivity index (χ4n) is 2.52. The molecule has 2 N–H and O–H groups in total. The Bertz CT molecular complexity index is 450. The quantitative estimate of drug-likeness (QED) is 0.791. The van der Waals surface area contributed by atoms with E-state index in [0.717, 1.165) is 19.4 Å². The first-order chi connectivity index (χ1) is 10.1. The standard InChI is InChI=1S/C16H23FN2O2/c1-12-11-14(8-9-18-12)19-16(20)3-2-10-21-15-6-4-13(17)5-7-15/h4-7,12,14,18H,2-3,8-11H2,1H3,(H,19,20). The predicted molar refractivity (Wildman–Crippen MR) is 79.8 cm³/mol. The van der Waals surface area contributed by atoms with Gasteiger partial charge in [0.1, 0.15) is 11.6 Å². The second kappa shape index (κ2) is 7.98. The molecule has 0 aliphatic carbocycles. The lowest BCUT2D eigenvalue weighted by molar-refractivity contribution is -0.122. The monoisotopic (exact) mass is 294 g/mol. The van der Waals surface area contributed by atoms with Crippen LogP contribution in [-0.4, -0.2) is 31.1 Å². The fraction of sp³-hybridized carbons (Fsp3) is 0.562. The molecule has 1 amide bonds. The summed E-state index contributed by atoms with van der Waals surface area (Å²) >= 11 is 0. The van der Waals surface area contributed by atoms with Crippen LogP contribution >= 0.6 is 0 Å². The van der Waals surface area contributed by atoms with Gasteiger partial charge in [-0.25, -0.2) is 4.39 Å². The summed E-state index contributed by atoms with van der Waals surface area (Å²) in [4.78, 5) is 11.8. The summed E-state index contributed by atoms with van der Waals surface area (Å²) in [5.74, 6) is 0.429. The van der Waals surface area contributed by atoms with Crippen molar-refractivity contribution in [2.75, 3.05) is 13.2 Å². The zero-order valence-corrected chi connectivity index (χ0v) is 12.4. The maximum atomic E-state index is 12.7. The van der Waals surface area contributed by atoms with Crippen LogP contribution in [0.2, 0.25) is 0 Å². The highest BCUT2D eigenvalue weighted by molar-refractivity contribution is 5.76. The summed E-state index contributed by atoms with van der Waals surface area (Å²) in [6, 6.07) is 6.65. The number of carbonyl (C=O) groups excluding carboxylic acids is 1. The van der Waals surface area contributed by atoms with Crippen molar-refractivity contribution in [3.63, 3.8) is 0 Å². The first-order valence-electron chi connectivity index (χ1n) is 7.54. The number of rotatable bonds is 6. The van der Waals surface area contributed by atoms with Gasteiger partial charge in [-0.2, -0.15) is 0 Å². The van der Waals surface area contributed by atoms with Crippen molar-refractivity contribution in [2.45, 2.75) is 44.7 Å². The molecular weight excluding hydrogens is 271 g/mol. The average Bonchev–Trinajstić information content (AvgIpc) is 2.45. The van der Waals surface area contributed by atoms with E-state index < -0.39 is 0 Å². The molecule has 21 heavy (non-hydrogen) atoms. The lowest BCUT2D eigenvalue weighted by Gasteiger charge is -2.28. The maximum absolute atomic E-state index is 12.7. The molecule has 1 fully saturated rings. The number of benzene rings is 1. The molecule has 4 nitrogen and oxygen atoms in total. The zero-order valence-electron chi connectivity index (χ0n) is 12.4. The second-order valence-electron chi connectivity index (χ2n) is 5.55. The van der Waals surface area contributed by atoms with Gasteiger partial charge in [0.2, 0.25) is 5.91 Å². The molecule has 0 bridgehead atoms. The van der Waals surface area contributed by atoms with Gasteiger partial charge in [0, 0.05) is 18.5 Å². The third kappa shape index (κ3) is 5.71. The largest absolute Gasteiger partial charge is 0.494 e. The Labute approximate surface area is 125 Å². The minimum atomic E-state index is -0.280. The lowest BCUT2D eigenvalue weighted by Crippen LogP contribution is -2.46. The lowest BCUT2D eigenvalue weighted by atomic mass is 10.0. The summed E-state index contributed by atoms with van der Waals surface area (Å²) < 4.78 is 18.2. The molecule has 0 radical (unpaired) electrons. The van der Waals surface area contributed by atoms with Gasteiger partial charge in [-0.05, 0) is 57.0 Å². The molecular formula is C16H23FN2O2. The van der Waals surface area contributed by atoms with Crippen LogP contribution in [0.15, 0.2) is 24.3 Å². The van der Waals surface area contributed by atoms with Crippen LogP contribution in [0.25, 0.3) is 0 Å².